The predicted molar refractivity (Wildman–Crippen MR) is 85.5 cm³/mol. The van der Waals surface area contributed by atoms with Gasteiger partial charge in [0.25, 0.3) is 0 Å². The Morgan fingerprint density at radius 1 is 1.10 bits per heavy atom. The van der Waals surface area contributed by atoms with E-state index in [1.54, 1.807) is 30.2 Å². The van der Waals surface area contributed by atoms with Gasteiger partial charge in [0.1, 0.15) is 0 Å². The van der Waals surface area contributed by atoms with E-state index in [9.17, 15) is 0 Å². The summed E-state index contributed by atoms with van der Waals surface area (Å²) in [6.45, 7) is 1.65. The van der Waals surface area contributed by atoms with Gasteiger partial charge in [-0.15, -0.1) is 0 Å². The van der Waals surface area contributed by atoms with Crippen LogP contribution in [0.5, 0.6) is 0 Å². The summed E-state index contributed by atoms with van der Waals surface area (Å²) in [4.78, 5) is 8.33. The van der Waals surface area contributed by atoms with Gasteiger partial charge in [-0.1, -0.05) is 47.1 Å². The predicted octanol–water partition coefficient (Wildman–Crippen LogP) is 1.06. The minimum absolute atomic E-state index is 0. The van der Waals surface area contributed by atoms with Crippen molar-refractivity contribution < 1.29 is 12.4 Å². The van der Waals surface area contributed by atoms with Crippen molar-refractivity contribution in [2.75, 3.05) is 12.3 Å². The van der Waals surface area contributed by atoms with Gasteiger partial charge >= 0.3 is 0 Å². The SMILES string of the molecule is Clc1cccc(CNCCCSc2ncccn2)c1Cl.[Cl-]. The van der Waals surface area contributed by atoms with Crippen LogP contribution in [-0.2, 0) is 6.54 Å². The molecule has 0 aliphatic carbocycles. The fourth-order valence-electron chi connectivity index (χ4n) is 1.63. The number of aromatic nitrogens is 2. The number of hydrogen-bond donors (Lipinski definition) is 1. The molecular weight excluding hydrogens is 349 g/mol. The van der Waals surface area contributed by atoms with Gasteiger partial charge in [-0.25, -0.2) is 9.97 Å². The summed E-state index contributed by atoms with van der Waals surface area (Å²) >= 11 is 13.8. The number of hydrogen-bond acceptors (Lipinski definition) is 4. The normalized spacial score (nSPS) is 10.2. The van der Waals surface area contributed by atoms with Crippen LogP contribution in [0.2, 0.25) is 10.0 Å². The molecule has 1 aromatic carbocycles. The average molecular weight is 364 g/mol. The zero-order valence-electron chi connectivity index (χ0n) is 11.2. The van der Waals surface area contributed by atoms with Gasteiger partial charge in [-0.05, 0) is 30.7 Å². The Morgan fingerprint density at radius 2 is 1.86 bits per heavy atom. The third kappa shape index (κ3) is 6.41. The Morgan fingerprint density at radius 3 is 2.62 bits per heavy atom. The second kappa shape index (κ2) is 10.2. The Balaban J connectivity index is 0.00000220. The van der Waals surface area contributed by atoms with E-state index >= 15 is 0 Å². The number of thioether (sulfide) groups is 1. The number of benzene rings is 1. The van der Waals surface area contributed by atoms with Crippen molar-refractivity contribution in [2.24, 2.45) is 0 Å². The summed E-state index contributed by atoms with van der Waals surface area (Å²) in [7, 11) is 0. The van der Waals surface area contributed by atoms with E-state index in [1.807, 2.05) is 18.2 Å². The zero-order valence-corrected chi connectivity index (χ0v) is 14.3. The van der Waals surface area contributed by atoms with Crippen LogP contribution in [0.25, 0.3) is 0 Å². The van der Waals surface area contributed by atoms with Crippen LogP contribution in [0.3, 0.4) is 0 Å². The van der Waals surface area contributed by atoms with Crippen LogP contribution in [0.15, 0.2) is 41.8 Å². The lowest BCUT2D eigenvalue weighted by Gasteiger charge is -2.07. The maximum atomic E-state index is 6.12. The van der Waals surface area contributed by atoms with Crippen molar-refractivity contribution in [1.29, 1.82) is 0 Å². The first-order chi connectivity index (χ1) is 9.77. The first kappa shape index (κ1) is 18.5. The van der Waals surface area contributed by atoms with Gasteiger partial charge in [0.2, 0.25) is 0 Å². The molecule has 0 fully saturated rings. The smallest absolute Gasteiger partial charge is 0.187 e. The summed E-state index contributed by atoms with van der Waals surface area (Å²) in [6, 6.07) is 7.51. The second-order valence-electron chi connectivity index (χ2n) is 4.12. The van der Waals surface area contributed by atoms with Gasteiger partial charge in [-0.3, -0.25) is 0 Å². The molecule has 0 spiro atoms. The van der Waals surface area contributed by atoms with E-state index in [0.29, 0.717) is 10.0 Å². The van der Waals surface area contributed by atoms with Crippen LogP contribution < -0.4 is 17.7 Å². The third-order valence-electron chi connectivity index (χ3n) is 2.62. The first-order valence-corrected chi connectivity index (χ1v) is 8.05. The van der Waals surface area contributed by atoms with Gasteiger partial charge in [0, 0.05) is 24.7 Å². The van der Waals surface area contributed by atoms with Crippen molar-refractivity contribution in [2.45, 2.75) is 18.1 Å². The monoisotopic (exact) mass is 362 g/mol. The van der Waals surface area contributed by atoms with Gasteiger partial charge in [0.15, 0.2) is 5.16 Å². The molecule has 2 aromatic rings. The molecule has 1 N–H and O–H groups in total. The summed E-state index contributed by atoms with van der Waals surface area (Å²) < 4.78 is 0. The Hall–Kier alpha value is -0.520. The van der Waals surface area contributed by atoms with Crippen LogP contribution in [0.1, 0.15) is 12.0 Å². The highest BCUT2D eigenvalue weighted by atomic mass is 35.5. The number of nitrogens with zero attached hydrogens (tertiary/aromatic N) is 2. The molecule has 0 saturated heterocycles. The lowest BCUT2D eigenvalue weighted by molar-refractivity contribution is -0.00000397. The third-order valence-corrected chi connectivity index (χ3v) is 4.44. The van der Waals surface area contributed by atoms with Crippen molar-refractivity contribution in [1.82, 2.24) is 15.3 Å². The Labute approximate surface area is 145 Å². The molecule has 0 aliphatic rings. The molecule has 0 bridgehead atoms. The number of rotatable bonds is 7. The van der Waals surface area contributed by atoms with Crippen molar-refractivity contribution in [3.05, 3.63) is 52.3 Å². The standard InChI is InChI=1S/C14H15Cl2N3S.ClH/c15-12-5-1-4-11(13(12)16)10-17-6-3-9-20-14-18-7-2-8-19-14;/h1-2,4-5,7-8,17H,3,6,9-10H2;1H/p-1. The van der Waals surface area contributed by atoms with Crippen LogP contribution in [-0.4, -0.2) is 22.3 Å². The highest BCUT2D eigenvalue weighted by Gasteiger charge is 2.03. The molecule has 0 atom stereocenters. The quantitative estimate of drug-likeness (QED) is 0.453. The lowest BCUT2D eigenvalue weighted by atomic mass is 10.2. The van der Waals surface area contributed by atoms with Crippen molar-refractivity contribution in [3.63, 3.8) is 0 Å². The van der Waals surface area contributed by atoms with E-state index < -0.39 is 0 Å². The molecule has 0 saturated carbocycles. The lowest BCUT2D eigenvalue weighted by Crippen LogP contribution is -3.00. The number of nitrogens with one attached hydrogen (secondary N) is 1. The molecule has 114 valence electrons. The van der Waals surface area contributed by atoms with Gasteiger partial charge in [-0.2, -0.15) is 0 Å². The van der Waals surface area contributed by atoms with E-state index in [-0.39, 0.29) is 12.4 Å². The zero-order chi connectivity index (χ0) is 14.2. The molecular formula is C14H15Cl3N3S-. The summed E-state index contributed by atoms with van der Waals surface area (Å²) in [6.07, 6.45) is 4.56. The second-order valence-corrected chi connectivity index (χ2v) is 5.97. The minimum atomic E-state index is 0. The topological polar surface area (TPSA) is 37.8 Å². The molecule has 0 aliphatic heterocycles. The van der Waals surface area contributed by atoms with Gasteiger partial charge in [0.05, 0.1) is 10.0 Å². The first-order valence-electron chi connectivity index (χ1n) is 6.31. The van der Waals surface area contributed by atoms with Crippen LogP contribution in [0.4, 0.5) is 0 Å². The molecule has 0 amide bonds. The van der Waals surface area contributed by atoms with E-state index in [1.165, 1.54) is 0 Å². The molecule has 1 aromatic heterocycles. The van der Waals surface area contributed by atoms with E-state index in [2.05, 4.69) is 15.3 Å². The average Bonchev–Trinajstić information content (AvgIpc) is 2.48. The van der Waals surface area contributed by atoms with Gasteiger partial charge < -0.3 is 17.7 Å². The van der Waals surface area contributed by atoms with Crippen molar-refractivity contribution >= 4 is 35.0 Å². The number of halogens is 3. The van der Waals surface area contributed by atoms with Crippen molar-refractivity contribution in [3.8, 4) is 0 Å². The fraction of sp³-hybridized carbons (Fsp3) is 0.286. The minimum Gasteiger partial charge on any atom is -1.00 e. The highest BCUT2D eigenvalue weighted by molar-refractivity contribution is 7.99. The molecule has 0 radical (unpaired) electrons. The maximum Gasteiger partial charge on any atom is 0.187 e. The Bertz CT molecular complexity index is 540. The fourth-order valence-corrected chi connectivity index (χ4v) is 2.76. The van der Waals surface area contributed by atoms with Crippen LogP contribution >= 0.6 is 35.0 Å². The van der Waals surface area contributed by atoms with E-state index in [4.69, 9.17) is 23.2 Å². The largest absolute Gasteiger partial charge is 1.00 e. The maximum absolute atomic E-state index is 6.12. The molecule has 3 nitrogen and oxygen atoms in total. The highest BCUT2D eigenvalue weighted by Crippen LogP contribution is 2.25. The van der Waals surface area contributed by atoms with Crippen LogP contribution in [0, 0.1) is 0 Å². The molecule has 1 heterocycles. The van der Waals surface area contributed by atoms with E-state index in [0.717, 1.165) is 36.0 Å². The Kier molecular flexibility index (Phi) is 9.04. The summed E-state index contributed by atoms with van der Waals surface area (Å²) in [5, 5.41) is 5.42. The molecule has 0 unspecified atom stereocenters. The molecule has 21 heavy (non-hydrogen) atoms. The molecule has 2 rings (SSSR count). The summed E-state index contributed by atoms with van der Waals surface area (Å²) in [5.41, 5.74) is 1.03. The molecule has 7 heteroatoms. The summed E-state index contributed by atoms with van der Waals surface area (Å²) in [5.74, 6) is 0.986.